The third-order valence-corrected chi connectivity index (χ3v) is 4.65. The number of hydrazine groups is 1. The Labute approximate surface area is 167 Å². The lowest BCUT2D eigenvalue weighted by atomic mass is 10.2. The molecule has 2 aromatic rings. The van der Waals surface area contributed by atoms with Crippen molar-refractivity contribution in [3.05, 3.63) is 46.9 Å². The molecule has 10 nitrogen and oxygen atoms in total. The van der Waals surface area contributed by atoms with E-state index in [1.165, 1.54) is 17.3 Å². The van der Waals surface area contributed by atoms with Crippen LogP contribution in [0, 0.1) is 10.7 Å². The van der Waals surface area contributed by atoms with Crippen LogP contribution in [0.3, 0.4) is 0 Å². The van der Waals surface area contributed by atoms with Crippen molar-refractivity contribution in [2.75, 3.05) is 49.5 Å². The summed E-state index contributed by atoms with van der Waals surface area (Å²) in [4.78, 5) is 24.9. The highest BCUT2D eigenvalue weighted by molar-refractivity contribution is 5.78. The second-order valence-corrected chi connectivity index (χ2v) is 6.65. The van der Waals surface area contributed by atoms with Gasteiger partial charge < -0.3 is 20.5 Å². The van der Waals surface area contributed by atoms with Crippen molar-refractivity contribution >= 4 is 17.3 Å². The number of hydrogen-bond donors (Lipinski definition) is 3. The Kier molecular flexibility index (Phi) is 7.09. The summed E-state index contributed by atoms with van der Waals surface area (Å²) in [6.07, 6.45) is 1.56. The van der Waals surface area contributed by atoms with E-state index < -0.39 is 6.04 Å². The molecule has 0 bridgehead atoms. The Morgan fingerprint density at radius 2 is 2.24 bits per heavy atom. The summed E-state index contributed by atoms with van der Waals surface area (Å²) in [5, 5.41) is 11.1. The molecule has 0 radical (unpaired) electrons. The molecule has 156 valence electrons. The molecular formula is C18H24FN7O3. The van der Waals surface area contributed by atoms with Gasteiger partial charge in [0.05, 0.1) is 24.3 Å². The topological polar surface area (TPSA) is 129 Å². The van der Waals surface area contributed by atoms with Gasteiger partial charge >= 0.3 is 0 Å². The van der Waals surface area contributed by atoms with Gasteiger partial charge in [-0.3, -0.25) is 9.80 Å². The number of benzene rings is 1. The molecule has 1 aliphatic heterocycles. The molecule has 4 N–H and O–H groups in total. The van der Waals surface area contributed by atoms with Crippen LogP contribution in [0.4, 0.5) is 15.8 Å². The second-order valence-electron chi connectivity index (χ2n) is 6.65. The molecule has 1 amide bonds. The van der Waals surface area contributed by atoms with Crippen molar-refractivity contribution in [3.8, 4) is 0 Å². The number of nitrogens with zero attached hydrogens (tertiary/aromatic N) is 4. The number of rotatable bonds is 8. The van der Waals surface area contributed by atoms with E-state index in [1.54, 1.807) is 18.2 Å². The molecular weight excluding hydrogens is 381 g/mol. The summed E-state index contributed by atoms with van der Waals surface area (Å²) in [5.41, 5.74) is 10.1. The van der Waals surface area contributed by atoms with Crippen molar-refractivity contribution in [2.45, 2.75) is 12.5 Å². The molecule has 1 atom stereocenters. The van der Waals surface area contributed by atoms with E-state index in [9.17, 15) is 14.1 Å². The molecule has 29 heavy (non-hydrogen) atoms. The van der Waals surface area contributed by atoms with Crippen LogP contribution < -0.4 is 21.4 Å². The first-order valence-corrected chi connectivity index (χ1v) is 9.34. The predicted molar refractivity (Wildman–Crippen MR) is 106 cm³/mol. The van der Waals surface area contributed by atoms with Crippen molar-refractivity contribution in [3.63, 3.8) is 0 Å². The maximum absolute atomic E-state index is 14.7. The number of hydrogen-bond acceptors (Lipinski definition) is 9. The summed E-state index contributed by atoms with van der Waals surface area (Å²) >= 11 is 0. The standard InChI is InChI=1S/C18H24FN7O3/c19-16-9-13(21-12-15(11-20)23-28)1-2-17(16)25-5-4-22-26(7-6-25)18(27)10-14-3-8-29-24-14/h1-3,8-9,15,21-22H,4-7,10-12,20H2. The highest BCUT2D eigenvalue weighted by atomic mass is 19.1. The highest BCUT2D eigenvalue weighted by Gasteiger charge is 2.21. The number of nitroso groups, excluding NO2 is 1. The van der Waals surface area contributed by atoms with Crippen LogP contribution in [-0.2, 0) is 11.2 Å². The SMILES string of the molecule is NCC(CNc1ccc(N2CCNN(C(=O)Cc3ccon3)CC2)c(F)c1)N=O. The Morgan fingerprint density at radius 1 is 1.38 bits per heavy atom. The largest absolute Gasteiger partial charge is 0.383 e. The quantitative estimate of drug-likeness (QED) is 0.548. The van der Waals surface area contributed by atoms with E-state index >= 15 is 0 Å². The lowest BCUT2D eigenvalue weighted by Gasteiger charge is -2.24. The fourth-order valence-electron chi connectivity index (χ4n) is 3.04. The van der Waals surface area contributed by atoms with Crippen LogP contribution in [0.15, 0.2) is 40.2 Å². The molecule has 0 spiro atoms. The molecule has 1 saturated heterocycles. The van der Waals surface area contributed by atoms with Gasteiger partial charge in [0.1, 0.15) is 18.1 Å². The van der Waals surface area contributed by atoms with Crippen molar-refractivity contribution < 1.29 is 13.7 Å². The molecule has 3 rings (SSSR count). The lowest BCUT2D eigenvalue weighted by Crippen LogP contribution is -2.44. The Morgan fingerprint density at radius 3 is 2.93 bits per heavy atom. The fourth-order valence-corrected chi connectivity index (χ4v) is 3.04. The summed E-state index contributed by atoms with van der Waals surface area (Å²) in [6.45, 7) is 2.29. The predicted octanol–water partition coefficient (Wildman–Crippen LogP) is 0.715. The average molecular weight is 405 g/mol. The molecule has 1 fully saturated rings. The van der Waals surface area contributed by atoms with Gasteiger partial charge in [-0.1, -0.05) is 10.3 Å². The normalized spacial score (nSPS) is 15.7. The Bertz CT molecular complexity index is 818. The van der Waals surface area contributed by atoms with Crippen molar-refractivity contribution in [1.29, 1.82) is 0 Å². The van der Waals surface area contributed by atoms with Crippen molar-refractivity contribution in [2.24, 2.45) is 10.9 Å². The number of aromatic nitrogens is 1. The molecule has 1 aromatic heterocycles. The van der Waals surface area contributed by atoms with Crippen LogP contribution in [0.25, 0.3) is 0 Å². The van der Waals surface area contributed by atoms with Crippen molar-refractivity contribution in [1.82, 2.24) is 15.6 Å². The maximum Gasteiger partial charge on any atom is 0.242 e. The first-order valence-electron chi connectivity index (χ1n) is 9.34. The second kappa shape index (κ2) is 9.94. The third-order valence-electron chi connectivity index (χ3n) is 4.65. The number of nitrogens with one attached hydrogen (secondary N) is 2. The first kappa shape index (κ1) is 20.7. The zero-order chi connectivity index (χ0) is 20.6. The summed E-state index contributed by atoms with van der Waals surface area (Å²) in [5.74, 6) is -0.514. The van der Waals surface area contributed by atoms with E-state index in [0.29, 0.717) is 43.2 Å². The smallest absolute Gasteiger partial charge is 0.242 e. The lowest BCUT2D eigenvalue weighted by molar-refractivity contribution is -0.133. The summed E-state index contributed by atoms with van der Waals surface area (Å²) in [7, 11) is 0. The minimum Gasteiger partial charge on any atom is -0.383 e. The number of anilines is 2. The molecule has 2 heterocycles. The van der Waals surface area contributed by atoms with Gasteiger partial charge in [-0.05, 0) is 18.2 Å². The van der Waals surface area contributed by atoms with Gasteiger partial charge in [-0.15, -0.1) is 0 Å². The zero-order valence-corrected chi connectivity index (χ0v) is 15.9. The van der Waals surface area contributed by atoms with Crippen LogP contribution in [-0.4, -0.2) is 61.4 Å². The number of halogens is 1. The molecule has 1 aromatic carbocycles. The molecule has 1 unspecified atom stereocenters. The number of carbonyl (C=O) groups excluding carboxylic acids is 1. The van der Waals surface area contributed by atoms with E-state index in [0.717, 1.165) is 0 Å². The monoisotopic (exact) mass is 405 g/mol. The minimum absolute atomic E-state index is 0.126. The van der Waals surface area contributed by atoms with Crippen LogP contribution in [0.5, 0.6) is 0 Å². The zero-order valence-electron chi connectivity index (χ0n) is 15.9. The molecule has 1 aliphatic rings. The number of amides is 1. The van der Waals surface area contributed by atoms with Gasteiger partial charge in [0.2, 0.25) is 5.91 Å². The summed E-state index contributed by atoms with van der Waals surface area (Å²) in [6, 6.07) is 5.88. The van der Waals surface area contributed by atoms with Crippen LogP contribution in [0.1, 0.15) is 5.69 Å². The van der Waals surface area contributed by atoms with Gasteiger partial charge in [0, 0.05) is 44.5 Å². The van der Waals surface area contributed by atoms with Gasteiger partial charge in [0.15, 0.2) is 0 Å². The van der Waals surface area contributed by atoms with Crippen LogP contribution in [0.2, 0.25) is 0 Å². The fraction of sp³-hybridized carbons (Fsp3) is 0.444. The average Bonchev–Trinajstić information content (AvgIpc) is 3.10. The van der Waals surface area contributed by atoms with Crippen LogP contribution >= 0.6 is 0 Å². The molecule has 11 heteroatoms. The first-order chi connectivity index (χ1) is 14.1. The van der Waals surface area contributed by atoms with Gasteiger partial charge in [0.25, 0.3) is 0 Å². The van der Waals surface area contributed by atoms with E-state index in [2.05, 4.69) is 21.1 Å². The minimum atomic E-state index is -0.560. The van der Waals surface area contributed by atoms with E-state index in [-0.39, 0.29) is 31.2 Å². The van der Waals surface area contributed by atoms with E-state index in [1.807, 2.05) is 4.90 Å². The summed E-state index contributed by atoms with van der Waals surface area (Å²) < 4.78 is 19.4. The maximum atomic E-state index is 14.7. The Hall–Kier alpha value is -3.05. The molecule has 0 aliphatic carbocycles. The third kappa shape index (κ3) is 5.48. The number of carbonyl (C=O) groups is 1. The van der Waals surface area contributed by atoms with E-state index in [4.69, 9.17) is 10.3 Å². The van der Waals surface area contributed by atoms with Gasteiger partial charge in [-0.25, -0.2) is 9.82 Å². The Balaban J connectivity index is 1.58. The van der Waals surface area contributed by atoms with Gasteiger partial charge in [-0.2, -0.15) is 4.91 Å². The molecule has 0 saturated carbocycles. The highest BCUT2D eigenvalue weighted by Crippen LogP contribution is 2.23. The number of nitrogens with two attached hydrogens (primary N) is 1.